The Morgan fingerprint density at radius 2 is 1.89 bits per heavy atom. The zero-order valence-corrected chi connectivity index (χ0v) is 14.9. The van der Waals surface area contributed by atoms with Crippen molar-refractivity contribution in [2.75, 3.05) is 18.5 Å². The third-order valence-electron chi connectivity index (χ3n) is 3.31. The van der Waals surface area contributed by atoms with Crippen LogP contribution in [0.3, 0.4) is 0 Å². The highest BCUT2D eigenvalue weighted by molar-refractivity contribution is 6.31. The van der Waals surface area contributed by atoms with Gasteiger partial charge in [-0.2, -0.15) is 0 Å². The number of rotatable bonds is 7. The lowest BCUT2D eigenvalue weighted by molar-refractivity contribution is -0.383. The van der Waals surface area contributed by atoms with Gasteiger partial charge in [-0.25, -0.2) is 4.39 Å². The Hall–Kier alpha value is -3.53. The quantitative estimate of drug-likeness (QED) is 0.410. The summed E-state index contributed by atoms with van der Waals surface area (Å²) >= 11 is 5.67. The summed E-state index contributed by atoms with van der Waals surface area (Å²) in [5, 5.41) is 15.4. The highest BCUT2D eigenvalue weighted by Crippen LogP contribution is 2.27. The van der Waals surface area contributed by atoms with Crippen LogP contribution in [0.2, 0.25) is 5.02 Å². The largest absolute Gasteiger partial charge is 0.454 e. The molecule has 2 amide bonds. The summed E-state index contributed by atoms with van der Waals surface area (Å²) in [7, 11) is 0. The lowest BCUT2D eigenvalue weighted by atomic mass is 10.2. The van der Waals surface area contributed by atoms with Crippen molar-refractivity contribution in [3.63, 3.8) is 0 Å². The minimum atomic E-state index is -0.953. The summed E-state index contributed by atoms with van der Waals surface area (Å²) in [6.07, 6.45) is 0. The number of nitro benzene ring substituents is 1. The number of anilines is 1. The summed E-state index contributed by atoms with van der Waals surface area (Å²) in [5.41, 5.74) is -0.796. The molecule has 0 unspecified atom stereocenters. The molecule has 0 aromatic heterocycles. The minimum absolute atomic E-state index is 0.113. The lowest BCUT2D eigenvalue weighted by Crippen LogP contribution is -2.32. The van der Waals surface area contributed by atoms with E-state index in [9.17, 15) is 28.9 Å². The molecular weight excluding hydrogens is 397 g/mol. The van der Waals surface area contributed by atoms with E-state index in [0.29, 0.717) is 0 Å². The molecular formula is C17H13ClFN3O6. The second kappa shape index (κ2) is 9.42. The molecule has 0 aliphatic heterocycles. The first-order valence-corrected chi connectivity index (χ1v) is 8.08. The number of carbonyl (C=O) groups is 3. The molecule has 0 spiro atoms. The van der Waals surface area contributed by atoms with E-state index in [4.69, 9.17) is 11.6 Å². The normalized spacial score (nSPS) is 10.1. The van der Waals surface area contributed by atoms with E-state index >= 15 is 0 Å². The average molecular weight is 410 g/mol. The minimum Gasteiger partial charge on any atom is -0.454 e. The number of esters is 1. The zero-order valence-electron chi connectivity index (χ0n) is 14.1. The van der Waals surface area contributed by atoms with E-state index in [1.807, 2.05) is 0 Å². The van der Waals surface area contributed by atoms with Gasteiger partial charge >= 0.3 is 5.97 Å². The Morgan fingerprint density at radius 3 is 2.57 bits per heavy atom. The molecule has 11 heteroatoms. The number of benzene rings is 2. The van der Waals surface area contributed by atoms with Crippen molar-refractivity contribution >= 4 is 40.8 Å². The van der Waals surface area contributed by atoms with Gasteiger partial charge in [0.25, 0.3) is 17.5 Å². The fraction of sp³-hybridized carbons (Fsp3) is 0.118. The first kappa shape index (κ1) is 20.8. The fourth-order valence-corrected chi connectivity index (χ4v) is 2.20. The molecule has 0 radical (unpaired) electrons. The van der Waals surface area contributed by atoms with Crippen LogP contribution in [0.25, 0.3) is 0 Å². The average Bonchev–Trinajstić information content (AvgIpc) is 2.66. The fourth-order valence-electron chi connectivity index (χ4n) is 2.04. The molecule has 28 heavy (non-hydrogen) atoms. The number of halogens is 2. The molecule has 0 aliphatic rings. The molecule has 0 aliphatic carbocycles. The van der Waals surface area contributed by atoms with Crippen molar-refractivity contribution in [3.8, 4) is 0 Å². The van der Waals surface area contributed by atoms with Gasteiger partial charge in [-0.15, -0.1) is 0 Å². The third-order valence-corrected chi connectivity index (χ3v) is 3.54. The predicted octanol–water partition coefficient (Wildman–Crippen LogP) is 2.30. The van der Waals surface area contributed by atoms with Gasteiger partial charge in [-0.3, -0.25) is 24.5 Å². The predicted molar refractivity (Wildman–Crippen MR) is 96.4 cm³/mol. The first-order valence-electron chi connectivity index (χ1n) is 7.70. The Balaban J connectivity index is 1.83. The van der Waals surface area contributed by atoms with Gasteiger partial charge in [0, 0.05) is 11.1 Å². The number of nitro groups is 1. The van der Waals surface area contributed by atoms with E-state index in [2.05, 4.69) is 15.4 Å². The number of hydrogen-bond acceptors (Lipinski definition) is 6. The Bertz CT molecular complexity index is 937. The third kappa shape index (κ3) is 5.74. The molecule has 2 rings (SSSR count). The van der Waals surface area contributed by atoms with Crippen molar-refractivity contribution in [1.29, 1.82) is 0 Å². The molecule has 0 atom stereocenters. The summed E-state index contributed by atoms with van der Waals surface area (Å²) < 4.78 is 18.1. The molecule has 2 N–H and O–H groups in total. The van der Waals surface area contributed by atoms with Crippen LogP contribution in [0.4, 0.5) is 15.8 Å². The van der Waals surface area contributed by atoms with E-state index in [0.717, 1.165) is 12.1 Å². The Labute approximate surface area is 162 Å². The Morgan fingerprint density at radius 1 is 1.18 bits per heavy atom. The Kier molecular flexibility index (Phi) is 6.99. The van der Waals surface area contributed by atoms with E-state index < -0.39 is 47.4 Å². The van der Waals surface area contributed by atoms with Crippen molar-refractivity contribution in [1.82, 2.24) is 5.32 Å². The van der Waals surface area contributed by atoms with Crippen LogP contribution < -0.4 is 10.6 Å². The van der Waals surface area contributed by atoms with E-state index in [1.54, 1.807) is 0 Å². The smallest absolute Gasteiger partial charge is 0.325 e. The molecule has 0 saturated carbocycles. The van der Waals surface area contributed by atoms with Gasteiger partial charge in [0.1, 0.15) is 18.0 Å². The molecule has 0 saturated heterocycles. The van der Waals surface area contributed by atoms with Crippen LogP contribution in [0.5, 0.6) is 0 Å². The maximum Gasteiger partial charge on any atom is 0.325 e. The van der Waals surface area contributed by atoms with Crippen molar-refractivity contribution in [2.45, 2.75) is 0 Å². The summed E-state index contributed by atoms with van der Waals surface area (Å²) in [6.45, 7) is -1.34. The van der Waals surface area contributed by atoms with Crippen LogP contribution in [-0.4, -0.2) is 35.9 Å². The number of ether oxygens (including phenoxy) is 1. The van der Waals surface area contributed by atoms with Crippen molar-refractivity contribution in [3.05, 3.63) is 69.0 Å². The first-order chi connectivity index (χ1) is 13.3. The van der Waals surface area contributed by atoms with Crippen LogP contribution >= 0.6 is 11.6 Å². The summed E-state index contributed by atoms with van der Waals surface area (Å²) in [4.78, 5) is 45.4. The van der Waals surface area contributed by atoms with Crippen LogP contribution in [0, 0.1) is 15.9 Å². The SMILES string of the molecule is O=C(COC(=O)CNC(=O)c1ccccc1F)Nc1ccc(Cl)cc1[N+](=O)[O-]. The van der Waals surface area contributed by atoms with Crippen molar-refractivity contribution < 1.29 is 28.4 Å². The highest BCUT2D eigenvalue weighted by Gasteiger charge is 2.18. The highest BCUT2D eigenvalue weighted by atomic mass is 35.5. The number of nitrogens with zero attached hydrogens (tertiary/aromatic N) is 1. The van der Waals surface area contributed by atoms with Gasteiger partial charge in [0.2, 0.25) is 0 Å². The monoisotopic (exact) mass is 409 g/mol. The topological polar surface area (TPSA) is 128 Å². The second-order valence-electron chi connectivity index (χ2n) is 5.29. The standard InChI is InChI=1S/C17H13ClFN3O6/c18-10-5-6-13(14(7-10)22(26)27)21-15(23)9-28-16(24)8-20-17(25)11-3-1-2-4-12(11)19/h1-7H,8-9H2,(H,20,25)(H,21,23). The van der Waals surface area contributed by atoms with Gasteiger partial charge in [-0.05, 0) is 24.3 Å². The molecule has 0 fully saturated rings. The second-order valence-corrected chi connectivity index (χ2v) is 5.73. The molecule has 2 aromatic rings. The number of carbonyl (C=O) groups excluding carboxylic acids is 3. The van der Waals surface area contributed by atoms with Gasteiger partial charge in [0.05, 0.1) is 10.5 Å². The zero-order chi connectivity index (χ0) is 20.7. The molecule has 9 nitrogen and oxygen atoms in total. The number of hydrogen-bond donors (Lipinski definition) is 2. The lowest BCUT2D eigenvalue weighted by Gasteiger charge is -2.08. The molecule has 0 bridgehead atoms. The molecule has 146 valence electrons. The van der Waals surface area contributed by atoms with Crippen molar-refractivity contribution in [2.24, 2.45) is 0 Å². The number of amides is 2. The van der Waals surface area contributed by atoms with Crippen LogP contribution in [0.1, 0.15) is 10.4 Å². The molecule has 2 aromatic carbocycles. The summed E-state index contributed by atoms with van der Waals surface area (Å²) in [6, 6.07) is 8.82. The van der Waals surface area contributed by atoms with E-state index in [-0.39, 0.29) is 16.3 Å². The maximum atomic E-state index is 13.5. The van der Waals surface area contributed by atoms with Crippen LogP contribution in [-0.2, 0) is 14.3 Å². The maximum absolute atomic E-state index is 13.5. The summed E-state index contributed by atoms with van der Waals surface area (Å²) in [5.74, 6) is -3.36. The van der Waals surface area contributed by atoms with Gasteiger partial charge in [-0.1, -0.05) is 23.7 Å². The van der Waals surface area contributed by atoms with Gasteiger partial charge in [0.15, 0.2) is 6.61 Å². The van der Waals surface area contributed by atoms with Crippen LogP contribution in [0.15, 0.2) is 42.5 Å². The van der Waals surface area contributed by atoms with Gasteiger partial charge < -0.3 is 15.4 Å². The molecule has 0 heterocycles. The number of nitrogens with one attached hydrogen (secondary N) is 2. The van der Waals surface area contributed by atoms with E-state index in [1.165, 1.54) is 30.3 Å².